The summed E-state index contributed by atoms with van der Waals surface area (Å²) in [5, 5.41) is 0.725. The van der Waals surface area contributed by atoms with Crippen LogP contribution in [-0.2, 0) is 10.0 Å². The summed E-state index contributed by atoms with van der Waals surface area (Å²) in [7, 11) is -3.04. The summed E-state index contributed by atoms with van der Waals surface area (Å²) in [6.07, 6.45) is 3.72. The largest absolute Gasteiger partial charge is 0.212 e. The van der Waals surface area contributed by atoms with E-state index in [0.29, 0.717) is 6.42 Å². The molecule has 1 fully saturated rings. The molecule has 1 aliphatic rings. The van der Waals surface area contributed by atoms with E-state index in [-0.39, 0.29) is 11.3 Å². The van der Waals surface area contributed by atoms with Crippen molar-refractivity contribution in [2.24, 2.45) is 0 Å². The van der Waals surface area contributed by atoms with E-state index in [9.17, 15) is 8.42 Å². The number of nitrogens with one attached hydrogen (secondary N) is 1. The monoisotopic (exact) mass is 269 g/mol. The van der Waals surface area contributed by atoms with Crippen LogP contribution in [0, 0.1) is 0 Å². The molecule has 0 amide bonds. The lowest BCUT2D eigenvalue weighted by molar-refractivity contribution is 0.256. The van der Waals surface area contributed by atoms with Gasteiger partial charge in [-0.2, -0.15) is 0 Å². The Bertz CT molecular complexity index is 254. The Morgan fingerprint density at radius 2 is 2.08 bits per heavy atom. The highest BCUT2D eigenvalue weighted by Crippen LogP contribution is 2.34. The molecule has 0 heterocycles. The summed E-state index contributed by atoms with van der Waals surface area (Å²) in [5.41, 5.74) is -0.173. The maximum absolute atomic E-state index is 11.5. The molecule has 0 radical (unpaired) electrons. The summed E-state index contributed by atoms with van der Waals surface area (Å²) < 4.78 is 25.7. The van der Waals surface area contributed by atoms with Gasteiger partial charge in [-0.3, -0.25) is 0 Å². The van der Waals surface area contributed by atoms with Crippen LogP contribution in [0.25, 0.3) is 0 Å². The van der Waals surface area contributed by atoms with Gasteiger partial charge in [0.05, 0.1) is 5.75 Å². The van der Waals surface area contributed by atoms with Gasteiger partial charge in [-0.05, 0) is 25.7 Å². The van der Waals surface area contributed by atoms with Crippen LogP contribution < -0.4 is 4.72 Å². The van der Waals surface area contributed by atoms with Crippen molar-refractivity contribution >= 4 is 26.0 Å². The van der Waals surface area contributed by atoms with Crippen molar-refractivity contribution in [3.63, 3.8) is 0 Å². The predicted molar refractivity (Wildman–Crippen MR) is 57.6 cm³/mol. The summed E-state index contributed by atoms with van der Waals surface area (Å²) in [4.78, 5) is 0. The van der Waals surface area contributed by atoms with E-state index in [1.807, 2.05) is 6.92 Å². The van der Waals surface area contributed by atoms with E-state index in [1.165, 1.54) is 0 Å². The Hall–Kier alpha value is 0.390. The van der Waals surface area contributed by atoms with Crippen LogP contribution in [0.15, 0.2) is 0 Å². The molecule has 0 saturated heterocycles. The van der Waals surface area contributed by atoms with Crippen molar-refractivity contribution in [1.82, 2.24) is 4.72 Å². The third kappa shape index (κ3) is 2.92. The topological polar surface area (TPSA) is 46.2 Å². The van der Waals surface area contributed by atoms with E-state index in [2.05, 4.69) is 20.7 Å². The number of hydrogen-bond donors (Lipinski definition) is 1. The highest BCUT2D eigenvalue weighted by Gasteiger charge is 2.38. The zero-order chi connectivity index (χ0) is 9.95. The number of halogens is 1. The minimum Gasteiger partial charge on any atom is -0.212 e. The molecule has 0 aromatic heterocycles. The van der Waals surface area contributed by atoms with Gasteiger partial charge in [0.1, 0.15) is 0 Å². The van der Waals surface area contributed by atoms with Crippen LogP contribution in [0.1, 0.15) is 32.6 Å². The van der Waals surface area contributed by atoms with E-state index in [1.54, 1.807) is 0 Å². The molecule has 0 atom stereocenters. The molecule has 1 aliphatic carbocycles. The maximum Gasteiger partial charge on any atom is 0.212 e. The van der Waals surface area contributed by atoms with E-state index in [0.717, 1.165) is 24.6 Å². The third-order valence-corrected chi connectivity index (χ3v) is 5.17. The van der Waals surface area contributed by atoms with Crippen LogP contribution in [0.3, 0.4) is 0 Å². The first-order valence-corrected chi connectivity index (χ1v) is 7.38. The SMILES string of the molecule is CCCS(=O)(=O)NC1(CBr)CCC1. The van der Waals surface area contributed by atoms with Crippen LogP contribution >= 0.6 is 15.9 Å². The molecule has 1 saturated carbocycles. The fraction of sp³-hybridized carbons (Fsp3) is 1.00. The molecule has 0 aromatic rings. The van der Waals surface area contributed by atoms with Crippen molar-refractivity contribution < 1.29 is 8.42 Å². The lowest BCUT2D eigenvalue weighted by Gasteiger charge is -2.40. The minimum atomic E-state index is -3.04. The van der Waals surface area contributed by atoms with Gasteiger partial charge in [0, 0.05) is 10.9 Å². The Morgan fingerprint density at radius 3 is 2.38 bits per heavy atom. The van der Waals surface area contributed by atoms with Gasteiger partial charge in [0.2, 0.25) is 10.0 Å². The van der Waals surface area contributed by atoms with Crippen molar-refractivity contribution in [1.29, 1.82) is 0 Å². The molecule has 0 spiro atoms. The Balaban J connectivity index is 2.56. The highest BCUT2D eigenvalue weighted by molar-refractivity contribution is 9.09. The van der Waals surface area contributed by atoms with Gasteiger partial charge >= 0.3 is 0 Å². The molecule has 78 valence electrons. The maximum atomic E-state index is 11.5. The molecule has 5 heteroatoms. The van der Waals surface area contributed by atoms with Gasteiger partial charge in [0.15, 0.2) is 0 Å². The first-order valence-electron chi connectivity index (χ1n) is 4.61. The van der Waals surface area contributed by atoms with Crippen molar-refractivity contribution in [3.05, 3.63) is 0 Å². The molecule has 0 aliphatic heterocycles. The normalized spacial score (nSPS) is 21.1. The van der Waals surface area contributed by atoms with Gasteiger partial charge in [-0.25, -0.2) is 13.1 Å². The van der Waals surface area contributed by atoms with Crippen LogP contribution in [-0.4, -0.2) is 25.0 Å². The average Bonchev–Trinajstić information content (AvgIpc) is 1.97. The van der Waals surface area contributed by atoms with E-state index >= 15 is 0 Å². The fourth-order valence-electron chi connectivity index (χ4n) is 1.52. The standard InChI is InChI=1S/C8H16BrNO2S/c1-2-6-13(11,12)10-8(7-9)4-3-5-8/h10H,2-7H2,1H3. The lowest BCUT2D eigenvalue weighted by atomic mass is 9.80. The Kier molecular flexibility index (Phi) is 3.77. The molecule has 1 N–H and O–H groups in total. The van der Waals surface area contributed by atoms with Crippen molar-refractivity contribution in [3.8, 4) is 0 Å². The quantitative estimate of drug-likeness (QED) is 0.772. The lowest BCUT2D eigenvalue weighted by Crippen LogP contribution is -2.55. The zero-order valence-electron chi connectivity index (χ0n) is 7.85. The Morgan fingerprint density at radius 1 is 1.46 bits per heavy atom. The molecule has 0 aromatic carbocycles. The van der Waals surface area contributed by atoms with Crippen molar-refractivity contribution in [2.45, 2.75) is 38.1 Å². The van der Waals surface area contributed by atoms with Crippen LogP contribution in [0.2, 0.25) is 0 Å². The minimum absolute atomic E-state index is 0.173. The molecule has 0 bridgehead atoms. The van der Waals surface area contributed by atoms with Crippen LogP contribution in [0.5, 0.6) is 0 Å². The van der Waals surface area contributed by atoms with Crippen molar-refractivity contribution in [2.75, 3.05) is 11.1 Å². The highest BCUT2D eigenvalue weighted by atomic mass is 79.9. The summed E-state index contributed by atoms with van der Waals surface area (Å²) in [6, 6.07) is 0. The van der Waals surface area contributed by atoms with E-state index in [4.69, 9.17) is 0 Å². The summed E-state index contributed by atoms with van der Waals surface area (Å²) in [5.74, 6) is 0.238. The average molecular weight is 270 g/mol. The Labute approximate surface area is 88.5 Å². The van der Waals surface area contributed by atoms with Gasteiger partial charge < -0.3 is 0 Å². The summed E-state index contributed by atoms with van der Waals surface area (Å²) in [6.45, 7) is 1.88. The number of rotatable bonds is 5. The predicted octanol–water partition coefficient (Wildman–Crippen LogP) is 1.63. The number of alkyl halides is 1. The van der Waals surface area contributed by atoms with E-state index < -0.39 is 10.0 Å². The fourth-order valence-corrected chi connectivity index (χ4v) is 3.98. The molecular weight excluding hydrogens is 254 g/mol. The van der Waals surface area contributed by atoms with Gasteiger partial charge in [-0.15, -0.1) is 0 Å². The number of sulfonamides is 1. The molecular formula is C8H16BrNO2S. The zero-order valence-corrected chi connectivity index (χ0v) is 10.2. The second-order valence-electron chi connectivity index (χ2n) is 3.69. The number of hydrogen-bond acceptors (Lipinski definition) is 2. The second kappa shape index (κ2) is 4.28. The molecule has 1 rings (SSSR count). The first-order chi connectivity index (χ1) is 6.04. The smallest absolute Gasteiger partial charge is 0.212 e. The summed E-state index contributed by atoms with van der Waals surface area (Å²) >= 11 is 3.36. The molecule has 13 heavy (non-hydrogen) atoms. The molecule has 3 nitrogen and oxygen atoms in total. The van der Waals surface area contributed by atoms with Gasteiger partial charge in [0.25, 0.3) is 0 Å². The molecule has 0 unspecified atom stereocenters. The van der Waals surface area contributed by atoms with Gasteiger partial charge in [-0.1, -0.05) is 22.9 Å². The second-order valence-corrected chi connectivity index (χ2v) is 6.09. The third-order valence-electron chi connectivity index (χ3n) is 2.41. The first kappa shape index (κ1) is 11.5. The van der Waals surface area contributed by atoms with Crippen LogP contribution in [0.4, 0.5) is 0 Å².